The minimum absolute atomic E-state index is 0.212. The highest BCUT2D eigenvalue weighted by molar-refractivity contribution is 5.91. The van der Waals surface area contributed by atoms with Crippen LogP contribution in [0.25, 0.3) is 0 Å². The van der Waals surface area contributed by atoms with E-state index in [1.807, 2.05) is 30.3 Å². The summed E-state index contributed by atoms with van der Waals surface area (Å²) in [5.41, 5.74) is 2.12. The van der Waals surface area contributed by atoms with Crippen molar-refractivity contribution in [2.45, 2.75) is 60.0 Å². The molecule has 4 heteroatoms. The first-order chi connectivity index (χ1) is 14.2. The molecule has 1 N–H and O–H groups in total. The van der Waals surface area contributed by atoms with Gasteiger partial charge in [-0.15, -0.1) is 0 Å². The molecular weight excluding hydrogens is 376 g/mol. The largest absolute Gasteiger partial charge is 0.493 e. The average molecular weight is 411 g/mol. The van der Waals surface area contributed by atoms with Gasteiger partial charge in [0.15, 0.2) is 0 Å². The first-order valence-corrected chi connectivity index (χ1v) is 10.9. The Morgan fingerprint density at radius 1 is 1.00 bits per heavy atom. The van der Waals surface area contributed by atoms with Crippen LogP contribution in [0.4, 0.5) is 0 Å². The topological polar surface area (TPSA) is 55.8 Å². The van der Waals surface area contributed by atoms with Crippen molar-refractivity contribution in [2.75, 3.05) is 6.61 Å². The van der Waals surface area contributed by atoms with E-state index in [0.29, 0.717) is 28.2 Å². The van der Waals surface area contributed by atoms with Crippen LogP contribution in [0.1, 0.15) is 67.9 Å². The predicted octanol–water partition coefficient (Wildman–Crippen LogP) is 6.50. The molecule has 0 atom stereocenters. The van der Waals surface area contributed by atoms with Gasteiger partial charge in [0, 0.05) is 11.6 Å². The Balaban J connectivity index is 1.54. The van der Waals surface area contributed by atoms with E-state index in [-0.39, 0.29) is 6.61 Å². The monoisotopic (exact) mass is 410 g/mol. The highest BCUT2D eigenvalue weighted by Gasteiger charge is 2.29. The lowest BCUT2D eigenvalue weighted by Gasteiger charge is -2.36. The molecule has 4 nitrogen and oxygen atoms in total. The predicted molar refractivity (Wildman–Crippen MR) is 119 cm³/mol. The highest BCUT2D eigenvalue weighted by atomic mass is 16.5. The maximum Gasteiger partial charge on any atom is 0.336 e. The Bertz CT molecular complexity index is 858. The van der Waals surface area contributed by atoms with Crippen LogP contribution in [0.3, 0.4) is 0 Å². The normalized spacial score (nSPS) is 19.3. The molecular formula is C26H34O4. The molecule has 0 bridgehead atoms. The van der Waals surface area contributed by atoms with Crippen LogP contribution in [-0.4, -0.2) is 17.7 Å². The SMILES string of the molecule is Cc1cccc(COc2cccc(OCC3CCC(C(C)(C)C)CC3)c2)c1C(=O)O. The number of benzene rings is 2. The molecule has 1 aliphatic rings. The third-order valence-corrected chi connectivity index (χ3v) is 6.33. The summed E-state index contributed by atoms with van der Waals surface area (Å²) in [6.45, 7) is 9.78. The lowest BCUT2D eigenvalue weighted by molar-refractivity contribution is 0.0693. The lowest BCUT2D eigenvalue weighted by Crippen LogP contribution is -2.27. The summed E-state index contributed by atoms with van der Waals surface area (Å²) in [5, 5.41) is 9.47. The number of carboxylic acids is 1. The van der Waals surface area contributed by atoms with Crippen LogP contribution >= 0.6 is 0 Å². The number of carbonyl (C=O) groups is 1. The molecule has 0 radical (unpaired) electrons. The second kappa shape index (κ2) is 9.55. The van der Waals surface area contributed by atoms with Gasteiger partial charge < -0.3 is 14.6 Å². The number of aromatic carboxylic acids is 1. The van der Waals surface area contributed by atoms with E-state index >= 15 is 0 Å². The number of aryl methyl sites for hydroxylation is 1. The van der Waals surface area contributed by atoms with Gasteiger partial charge in [0.2, 0.25) is 0 Å². The molecule has 162 valence electrons. The molecule has 3 rings (SSSR count). The van der Waals surface area contributed by atoms with E-state index in [0.717, 1.165) is 23.8 Å². The summed E-state index contributed by atoms with van der Waals surface area (Å²) in [6, 6.07) is 13.1. The molecule has 2 aromatic rings. The van der Waals surface area contributed by atoms with E-state index in [1.165, 1.54) is 25.7 Å². The second-order valence-corrected chi connectivity index (χ2v) is 9.57. The summed E-state index contributed by atoms with van der Waals surface area (Å²) in [5.74, 6) is 1.97. The van der Waals surface area contributed by atoms with Gasteiger partial charge in [-0.3, -0.25) is 0 Å². The standard InChI is InChI=1S/C26H34O4/c1-18-7-5-8-20(24(18)25(27)28)17-30-23-10-6-9-22(15-23)29-16-19-11-13-21(14-12-19)26(2,3)4/h5-10,15,19,21H,11-14,16-17H2,1-4H3,(H,27,28). The van der Waals surface area contributed by atoms with Crippen molar-refractivity contribution in [3.8, 4) is 11.5 Å². The van der Waals surface area contributed by atoms with Crippen LogP contribution < -0.4 is 9.47 Å². The zero-order valence-electron chi connectivity index (χ0n) is 18.6. The second-order valence-electron chi connectivity index (χ2n) is 9.57. The summed E-state index contributed by atoms with van der Waals surface area (Å²) >= 11 is 0. The van der Waals surface area contributed by atoms with Crippen LogP contribution in [0, 0.1) is 24.2 Å². The Morgan fingerprint density at radius 2 is 1.63 bits per heavy atom. The van der Waals surface area contributed by atoms with Crippen molar-refractivity contribution >= 4 is 5.97 Å². The Kier molecular flexibility index (Phi) is 7.06. The molecule has 0 aliphatic heterocycles. The van der Waals surface area contributed by atoms with Gasteiger partial charge in [0.1, 0.15) is 18.1 Å². The number of hydrogen-bond acceptors (Lipinski definition) is 3. The fourth-order valence-electron chi connectivity index (χ4n) is 4.38. The van der Waals surface area contributed by atoms with Crippen molar-refractivity contribution in [1.29, 1.82) is 0 Å². The number of carboxylic acid groups (broad SMARTS) is 1. The summed E-state index contributed by atoms with van der Waals surface area (Å²) in [4.78, 5) is 11.5. The lowest BCUT2D eigenvalue weighted by atomic mass is 9.70. The van der Waals surface area contributed by atoms with Crippen LogP contribution in [-0.2, 0) is 6.61 Å². The third-order valence-electron chi connectivity index (χ3n) is 6.33. The van der Waals surface area contributed by atoms with Gasteiger partial charge in [0.05, 0.1) is 12.2 Å². The van der Waals surface area contributed by atoms with E-state index in [2.05, 4.69) is 20.8 Å². The third kappa shape index (κ3) is 5.78. The smallest absolute Gasteiger partial charge is 0.336 e. The highest BCUT2D eigenvalue weighted by Crippen LogP contribution is 2.40. The van der Waals surface area contributed by atoms with Crippen molar-refractivity contribution in [2.24, 2.45) is 17.3 Å². The van der Waals surface area contributed by atoms with Crippen molar-refractivity contribution in [3.05, 3.63) is 59.2 Å². The molecule has 30 heavy (non-hydrogen) atoms. The van der Waals surface area contributed by atoms with Gasteiger partial charge in [-0.1, -0.05) is 45.0 Å². The zero-order valence-corrected chi connectivity index (χ0v) is 18.6. The minimum atomic E-state index is -0.926. The molecule has 1 aliphatic carbocycles. The molecule has 0 spiro atoms. The van der Waals surface area contributed by atoms with Gasteiger partial charge in [0.25, 0.3) is 0 Å². The molecule has 1 saturated carbocycles. The molecule has 0 unspecified atom stereocenters. The number of rotatable bonds is 7. The van der Waals surface area contributed by atoms with Crippen LogP contribution in [0.15, 0.2) is 42.5 Å². The maximum absolute atomic E-state index is 11.5. The van der Waals surface area contributed by atoms with Gasteiger partial charge in [-0.25, -0.2) is 4.79 Å². The van der Waals surface area contributed by atoms with Crippen molar-refractivity contribution in [3.63, 3.8) is 0 Å². The zero-order chi connectivity index (χ0) is 21.7. The van der Waals surface area contributed by atoms with Gasteiger partial charge >= 0.3 is 5.97 Å². The molecule has 0 saturated heterocycles. The summed E-state index contributed by atoms with van der Waals surface area (Å²) in [6.07, 6.45) is 5.01. The number of hydrogen-bond donors (Lipinski definition) is 1. The van der Waals surface area contributed by atoms with E-state index in [1.54, 1.807) is 19.1 Å². The van der Waals surface area contributed by atoms with Gasteiger partial charge in [-0.05, 0) is 67.6 Å². The average Bonchev–Trinajstić information content (AvgIpc) is 2.70. The molecule has 2 aromatic carbocycles. The summed E-state index contributed by atoms with van der Waals surface area (Å²) in [7, 11) is 0. The number of ether oxygens (including phenoxy) is 2. The first kappa shape index (κ1) is 22.2. The minimum Gasteiger partial charge on any atom is -0.493 e. The van der Waals surface area contributed by atoms with Crippen LogP contribution in [0.5, 0.6) is 11.5 Å². The van der Waals surface area contributed by atoms with Gasteiger partial charge in [-0.2, -0.15) is 0 Å². The molecule has 0 aromatic heterocycles. The molecule has 1 fully saturated rings. The first-order valence-electron chi connectivity index (χ1n) is 10.9. The van der Waals surface area contributed by atoms with Crippen molar-refractivity contribution in [1.82, 2.24) is 0 Å². The van der Waals surface area contributed by atoms with Crippen molar-refractivity contribution < 1.29 is 19.4 Å². The van der Waals surface area contributed by atoms with E-state index < -0.39 is 5.97 Å². The maximum atomic E-state index is 11.5. The Morgan fingerprint density at radius 3 is 2.27 bits per heavy atom. The molecule has 0 amide bonds. The fourth-order valence-corrected chi connectivity index (χ4v) is 4.38. The quantitative estimate of drug-likeness (QED) is 0.566. The summed E-state index contributed by atoms with van der Waals surface area (Å²) < 4.78 is 11.9. The Hall–Kier alpha value is -2.49. The molecule has 0 heterocycles. The fraction of sp³-hybridized carbons (Fsp3) is 0.500. The van der Waals surface area contributed by atoms with E-state index in [4.69, 9.17) is 9.47 Å². The van der Waals surface area contributed by atoms with Crippen LogP contribution in [0.2, 0.25) is 0 Å². The Labute approximate surface area is 180 Å². The van der Waals surface area contributed by atoms with E-state index in [9.17, 15) is 9.90 Å².